The topological polar surface area (TPSA) is 51.1 Å². The van der Waals surface area contributed by atoms with Crippen LogP contribution in [0.25, 0.3) is 11.4 Å². The maximum Gasteiger partial charge on any atom is 0.161 e. The summed E-state index contributed by atoms with van der Waals surface area (Å²) in [4.78, 5) is 15.7. The van der Waals surface area contributed by atoms with Gasteiger partial charge in [-0.05, 0) is 31.5 Å². The zero-order valence-electron chi connectivity index (χ0n) is 15.7. The summed E-state index contributed by atoms with van der Waals surface area (Å²) in [5, 5.41) is 0. The van der Waals surface area contributed by atoms with Crippen LogP contribution in [-0.2, 0) is 0 Å². The maximum atomic E-state index is 5.56. The number of rotatable bonds is 6. The van der Waals surface area contributed by atoms with Crippen LogP contribution in [0.5, 0.6) is 5.75 Å². The number of para-hydroxylation sites is 1. The molecule has 134 valence electrons. The van der Waals surface area contributed by atoms with E-state index in [1.165, 1.54) is 0 Å². The van der Waals surface area contributed by atoms with Crippen LogP contribution in [0.2, 0.25) is 0 Å². The summed E-state index contributed by atoms with van der Waals surface area (Å²) in [6, 6.07) is 14.2. The van der Waals surface area contributed by atoms with Crippen molar-refractivity contribution in [2.45, 2.75) is 26.3 Å². The van der Waals surface area contributed by atoms with Crippen LogP contribution in [0.4, 0.5) is 5.82 Å². The second-order valence-corrected chi connectivity index (χ2v) is 6.20. The van der Waals surface area contributed by atoms with Crippen molar-refractivity contribution in [3.8, 4) is 17.1 Å². The van der Waals surface area contributed by atoms with Gasteiger partial charge in [-0.3, -0.25) is 4.98 Å². The number of aryl methyl sites for hydroxylation is 1. The molecule has 1 aromatic carbocycles. The van der Waals surface area contributed by atoms with Crippen molar-refractivity contribution in [2.24, 2.45) is 0 Å². The fourth-order valence-corrected chi connectivity index (χ4v) is 3.17. The third-order valence-corrected chi connectivity index (χ3v) is 4.49. The highest BCUT2D eigenvalue weighted by molar-refractivity contribution is 5.57. The molecule has 0 unspecified atom stereocenters. The van der Waals surface area contributed by atoms with Crippen molar-refractivity contribution < 1.29 is 4.74 Å². The SMILES string of the molecule is CC[C@@H](c1ccccc1OC)N(C)c1cc(C)nc(-c2ccncc2)n1. The van der Waals surface area contributed by atoms with E-state index in [1.54, 1.807) is 19.5 Å². The van der Waals surface area contributed by atoms with Gasteiger partial charge in [0.2, 0.25) is 0 Å². The van der Waals surface area contributed by atoms with Crippen molar-refractivity contribution in [3.05, 3.63) is 66.1 Å². The minimum atomic E-state index is 0.158. The van der Waals surface area contributed by atoms with E-state index in [9.17, 15) is 0 Å². The molecule has 0 saturated carbocycles. The summed E-state index contributed by atoms with van der Waals surface area (Å²) in [7, 11) is 3.78. The molecule has 0 aliphatic heterocycles. The highest BCUT2D eigenvalue weighted by Crippen LogP contribution is 2.33. The fraction of sp³-hybridized carbons (Fsp3) is 0.286. The molecule has 5 heteroatoms. The summed E-state index contributed by atoms with van der Waals surface area (Å²) in [5.74, 6) is 2.50. The van der Waals surface area contributed by atoms with Crippen molar-refractivity contribution in [1.82, 2.24) is 15.0 Å². The molecule has 0 spiro atoms. The second-order valence-electron chi connectivity index (χ2n) is 6.20. The zero-order chi connectivity index (χ0) is 18.5. The molecule has 0 N–H and O–H groups in total. The Kier molecular flexibility index (Phi) is 5.46. The number of hydrogen-bond acceptors (Lipinski definition) is 5. The second kappa shape index (κ2) is 7.95. The van der Waals surface area contributed by atoms with Crippen LogP contribution in [0, 0.1) is 6.92 Å². The molecule has 0 aliphatic carbocycles. The van der Waals surface area contributed by atoms with Crippen LogP contribution in [0.3, 0.4) is 0 Å². The van der Waals surface area contributed by atoms with E-state index >= 15 is 0 Å². The molecule has 0 amide bonds. The van der Waals surface area contributed by atoms with Crippen LogP contribution in [0.15, 0.2) is 54.9 Å². The van der Waals surface area contributed by atoms with Crippen LogP contribution in [-0.4, -0.2) is 29.1 Å². The number of anilines is 1. The molecule has 0 saturated heterocycles. The smallest absolute Gasteiger partial charge is 0.161 e. The van der Waals surface area contributed by atoms with Gasteiger partial charge in [-0.25, -0.2) is 9.97 Å². The Balaban J connectivity index is 2.00. The van der Waals surface area contributed by atoms with Crippen molar-refractivity contribution in [1.29, 1.82) is 0 Å². The Hall–Kier alpha value is -2.95. The molecule has 2 aromatic heterocycles. The molecule has 3 aromatic rings. The molecule has 5 nitrogen and oxygen atoms in total. The van der Waals surface area contributed by atoms with Crippen molar-refractivity contribution >= 4 is 5.82 Å². The van der Waals surface area contributed by atoms with Gasteiger partial charge in [-0.15, -0.1) is 0 Å². The number of benzene rings is 1. The molecule has 0 aliphatic rings. The van der Waals surface area contributed by atoms with E-state index in [-0.39, 0.29) is 6.04 Å². The average molecular weight is 348 g/mol. The van der Waals surface area contributed by atoms with Crippen LogP contribution in [0.1, 0.15) is 30.6 Å². The Morgan fingerprint density at radius 2 is 1.81 bits per heavy atom. The number of pyridine rings is 1. The van der Waals surface area contributed by atoms with E-state index in [1.807, 2.05) is 43.3 Å². The quantitative estimate of drug-likeness (QED) is 0.659. The van der Waals surface area contributed by atoms with Gasteiger partial charge >= 0.3 is 0 Å². The Morgan fingerprint density at radius 1 is 1.08 bits per heavy atom. The Bertz CT molecular complexity index is 867. The van der Waals surface area contributed by atoms with Gasteiger partial charge in [0, 0.05) is 42.3 Å². The number of aromatic nitrogens is 3. The molecular weight excluding hydrogens is 324 g/mol. The number of nitrogens with zero attached hydrogens (tertiary/aromatic N) is 4. The monoisotopic (exact) mass is 348 g/mol. The van der Waals surface area contributed by atoms with Gasteiger partial charge in [0.15, 0.2) is 5.82 Å². The first-order chi connectivity index (χ1) is 12.6. The van der Waals surface area contributed by atoms with Crippen LogP contribution >= 0.6 is 0 Å². The summed E-state index contributed by atoms with van der Waals surface area (Å²) in [5.41, 5.74) is 3.05. The standard InChI is InChI=1S/C21H24N4O/c1-5-18(17-8-6-7-9-19(17)26-4)25(3)20-14-15(2)23-21(24-20)16-10-12-22-13-11-16/h6-14,18H,5H2,1-4H3/t18-/m0/s1. The summed E-state index contributed by atoms with van der Waals surface area (Å²) in [6.07, 6.45) is 4.45. The molecule has 1 atom stereocenters. The Morgan fingerprint density at radius 3 is 2.50 bits per heavy atom. The highest BCUT2D eigenvalue weighted by atomic mass is 16.5. The van der Waals surface area contributed by atoms with Crippen molar-refractivity contribution in [3.63, 3.8) is 0 Å². The maximum absolute atomic E-state index is 5.56. The van der Waals surface area contributed by atoms with E-state index in [0.29, 0.717) is 5.82 Å². The van der Waals surface area contributed by atoms with Gasteiger partial charge in [0.05, 0.1) is 13.2 Å². The molecule has 0 radical (unpaired) electrons. The predicted molar refractivity (Wildman–Crippen MR) is 104 cm³/mol. The van der Waals surface area contributed by atoms with Gasteiger partial charge in [0.1, 0.15) is 11.6 Å². The molecule has 0 bridgehead atoms. The predicted octanol–water partition coefficient (Wildman–Crippen LogP) is 4.44. The third-order valence-electron chi connectivity index (χ3n) is 4.49. The fourth-order valence-electron chi connectivity index (χ4n) is 3.17. The van der Waals surface area contributed by atoms with Crippen LogP contribution < -0.4 is 9.64 Å². The largest absolute Gasteiger partial charge is 0.496 e. The summed E-state index contributed by atoms with van der Waals surface area (Å²) < 4.78 is 5.56. The minimum Gasteiger partial charge on any atom is -0.496 e. The molecule has 26 heavy (non-hydrogen) atoms. The number of methoxy groups -OCH3 is 1. The van der Waals surface area contributed by atoms with E-state index in [4.69, 9.17) is 9.72 Å². The average Bonchev–Trinajstić information content (AvgIpc) is 2.69. The van der Waals surface area contributed by atoms with Crippen molar-refractivity contribution in [2.75, 3.05) is 19.1 Å². The van der Waals surface area contributed by atoms with E-state index < -0.39 is 0 Å². The highest BCUT2D eigenvalue weighted by Gasteiger charge is 2.21. The zero-order valence-corrected chi connectivity index (χ0v) is 15.7. The lowest BCUT2D eigenvalue weighted by Crippen LogP contribution is -2.25. The molecule has 2 heterocycles. The first-order valence-electron chi connectivity index (χ1n) is 8.75. The third kappa shape index (κ3) is 3.67. The molecular formula is C21H24N4O. The molecule has 3 rings (SSSR count). The Labute approximate surface area is 154 Å². The van der Waals surface area contributed by atoms with E-state index in [2.05, 4.69) is 34.9 Å². The first-order valence-corrected chi connectivity index (χ1v) is 8.75. The minimum absolute atomic E-state index is 0.158. The van der Waals surface area contributed by atoms with Gasteiger partial charge in [-0.2, -0.15) is 0 Å². The van der Waals surface area contributed by atoms with Gasteiger partial charge < -0.3 is 9.64 Å². The first kappa shape index (κ1) is 17.9. The molecule has 0 fully saturated rings. The lowest BCUT2D eigenvalue weighted by Gasteiger charge is -2.30. The normalized spacial score (nSPS) is 11.8. The van der Waals surface area contributed by atoms with Gasteiger partial charge in [-0.1, -0.05) is 25.1 Å². The van der Waals surface area contributed by atoms with Gasteiger partial charge in [0.25, 0.3) is 0 Å². The lowest BCUT2D eigenvalue weighted by atomic mass is 10.0. The lowest BCUT2D eigenvalue weighted by molar-refractivity contribution is 0.404. The summed E-state index contributed by atoms with van der Waals surface area (Å²) >= 11 is 0. The van der Waals surface area contributed by atoms with E-state index in [0.717, 1.165) is 34.8 Å². The number of hydrogen-bond donors (Lipinski definition) is 0. The summed E-state index contributed by atoms with van der Waals surface area (Å²) in [6.45, 7) is 4.17. The number of ether oxygens (including phenoxy) is 1.